The maximum absolute atomic E-state index is 14.1. The molecule has 1 aliphatic carbocycles. The van der Waals surface area contributed by atoms with Gasteiger partial charge in [-0.2, -0.15) is 0 Å². The molecule has 1 unspecified atom stereocenters. The highest BCUT2D eigenvalue weighted by molar-refractivity contribution is 9.10. The van der Waals surface area contributed by atoms with E-state index in [1.54, 1.807) is 24.1 Å². The smallest absolute Gasteiger partial charge is 0.257 e. The lowest BCUT2D eigenvalue weighted by atomic mass is 10.1. The molecule has 2 nitrogen and oxygen atoms in total. The van der Waals surface area contributed by atoms with Crippen molar-refractivity contribution in [1.82, 2.24) is 4.90 Å². The molecular weight excluding hydrogens is 333 g/mol. The summed E-state index contributed by atoms with van der Waals surface area (Å²) in [5.41, 5.74) is 2.55. The maximum Gasteiger partial charge on any atom is 0.257 e. The molecule has 0 saturated carbocycles. The van der Waals surface area contributed by atoms with Crippen molar-refractivity contribution in [2.45, 2.75) is 18.9 Å². The van der Waals surface area contributed by atoms with E-state index in [4.69, 9.17) is 0 Å². The first-order valence-electron chi connectivity index (χ1n) is 6.88. The lowest BCUT2D eigenvalue weighted by molar-refractivity contribution is 0.0725. The predicted octanol–water partition coefficient (Wildman–Crippen LogP) is 4.35. The molecule has 0 saturated heterocycles. The quantitative estimate of drug-likeness (QED) is 0.790. The van der Waals surface area contributed by atoms with E-state index in [0.29, 0.717) is 4.47 Å². The number of hydrogen-bond acceptors (Lipinski definition) is 1. The topological polar surface area (TPSA) is 20.3 Å². The number of rotatable bonds is 2. The standard InChI is InChI=1S/C17H15BrFNO/c1-20(15-10-9-11-5-2-3-6-12(11)15)17(21)13-7-4-8-14(18)16(13)19/h2-8,15H,9-10H2,1H3. The highest BCUT2D eigenvalue weighted by atomic mass is 79.9. The summed E-state index contributed by atoms with van der Waals surface area (Å²) in [6.45, 7) is 0. The molecule has 0 radical (unpaired) electrons. The summed E-state index contributed by atoms with van der Waals surface area (Å²) in [5.74, 6) is -0.781. The Morgan fingerprint density at radius 3 is 2.81 bits per heavy atom. The lowest BCUT2D eigenvalue weighted by Gasteiger charge is -2.26. The van der Waals surface area contributed by atoms with Crippen LogP contribution in [-0.4, -0.2) is 17.9 Å². The van der Waals surface area contributed by atoms with Crippen LogP contribution >= 0.6 is 15.9 Å². The van der Waals surface area contributed by atoms with E-state index in [9.17, 15) is 9.18 Å². The van der Waals surface area contributed by atoms with Gasteiger partial charge in [-0.3, -0.25) is 4.79 Å². The van der Waals surface area contributed by atoms with E-state index in [1.165, 1.54) is 17.2 Å². The zero-order valence-electron chi connectivity index (χ0n) is 11.6. The summed E-state index contributed by atoms with van der Waals surface area (Å²) in [4.78, 5) is 14.2. The molecule has 1 amide bonds. The van der Waals surface area contributed by atoms with Gasteiger partial charge in [0.25, 0.3) is 5.91 Å². The molecular formula is C17H15BrFNO. The number of aryl methyl sites for hydroxylation is 1. The van der Waals surface area contributed by atoms with Gasteiger partial charge >= 0.3 is 0 Å². The summed E-state index contributed by atoms with van der Waals surface area (Å²) in [6.07, 6.45) is 1.84. The minimum absolute atomic E-state index is 0.0204. The molecule has 1 atom stereocenters. The molecule has 0 heterocycles. The Balaban J connectivity index is 1.91. The molecule has 0 bridgehead atoms. The van der Waals surface area contributed by atoms with Crippen molar-refractivity contribution in [3.8, 4) is 0 Å². The second-order valence-corrected chi connectivity index (χ2v) is 6.13. The Kier molecular flexibility index (Phi) is 3.81. The molecule has 0 spiro atoms. The van der Waals surface area contributed by atoms with Gasteiger partial charge in [0.1, 0.15) is 5.82 Å². The van der Waals surface area contributed by atoms with Gasteiger partial charge in [-0.05, 0) is 52.0 Å². The second-order valence-electron chi connectivity index (χ2n) is 5.27. The highest BCUT2D eigenvalue weighted by Crippen LogP contribution is 2.35. The summed E-state index contributed by atoms with van der Waals surface area (Å²) < 4.78 is 14.4. The zero-order chi connectivity index (χ0) is 15.0. The van der Waals surface area contributed by atoms with E-state index < -0.39 is 5.82 Å². The van der Waals surface area contributed by atoms with E-state index in [-0.39, 0.29) is 17.5 Å². The fourth-order valence-electron chi connectivity index (χ4n) is 2.94. The van der Waals surface area contributed by atoms with Gasteiger partial charge in [0.05, 0.1) is 16.1 Å². The van der Waals surface area contributed by atoms with Gasteiger partial charge in [0.15, 0.2) is 0 Å². The summed E-state index contributed by atoms with van der Waals surface area (Å²) in [5, 5.41) is 0. The van der Waals surface area contributed by atoms with Crippen LogP contribution in [0.15, 0.2) is 46.9 Å². The molecule has 0 N–H and O–H groups in total. The Morgan fingerprint density at radius 2 is 2.00 bits per heavy atom. The number of carbonyl (C=O) groups is 1. The van der Waals surface area contributed by atoms with Crippen LogP contribution in [0.4, 0.5) is 4.39 Å². The van der Waals surface area contributed by atoms with Gasteiger partial charge in [0.2, 0.25) is 0 Å². The molecule has 0 aliphatic heterocycles. The van der Waals surface area contributed by atoms with Crippen molar-refractivity contribution in [1.29, 1.82) is 0 Å². The molecule has 2 aromatic carbocycles. The molecule has 0 aromatic heterocycles. The monoisotopic (exact) mass is 347 g/mol. The van der Waals surface area contributed by atoms with Crippen molar-refractivity contribution in [2.24, 2.45) is 0 Å². The summed E-state index contributed by atoms with van der Waals surface area (Å²) >= 11 is 3.13. The van der Waals surface area contributed by atoms with Crippen LogP contribution in [0.3, 0.4) is 0 Å². The maximum atomic E-state index is 14.1. The highest BCUT2D eigenvalue weighted by Gasteiger charge is 2.30. The number of benzene rings is 2. The molecule has 1 aliphatic rings. The number of carbonyl (C=O) groups excluding carboxylic acids is 1. The van der Waals surface area contributed by atoms with Crippen molar-refractivity contribution in [3.05, 3.63) is 69.4 Å². The van der Waals surface area contributed by atoms with Crippen LogP contribution in [0.1, 0.15) is 33.9 Å². The third-order valence-corrected chi connectivity index (χ3v) is 4.68. The molecule has 21 heavy (non-hydrogen) atoms. The van der Waals surface area contributed by atoms with Gasteiger partial charge in [-0.15, -0.1) is 0 Å². The van der Waals surface area contributed by atoms with Crippen LogP contribution in [0.2, 0.25) is 0 Å². The first kappa shape index (κ1) is 14.3. The molecule has 108 valence electrons. The largest absolute Gasteiger partial charge is 0.335 e. The Morgan fingerprint density at radius 1 is 1.24 bits per heavy atom. The fraction of sp³-hybridized carbons (Fsp3) is 0.235. The average Bonchev–Trinajstić information content (AvgIpc) is 2.92. The first-order chi connectivity index (χ1) is 10.1. The van der Waals surface area contributed by atoms with Crippen LogP contribution in [-0.2, 0) is 6.42 Å². The van der Waals surface area contributed by atoms with Crippen LogP contribution < -0.4 is 0 Å². The van der Waals surface area contributed by atoms with E-state index in [2.05, 4.69) is 22.0 Å². The number of amides is 1. The van der Waals surface area contributed by atoms with Gasteiger partial charge in [-0.25, -0.2) is 4.39 Å². The van der Waals surface area contributed by atoms with Crippen LogP contribution in [0.5, 0.6) is 0 Å². The SMILES string of the molecule is CN(C(=O)c1cccc(Br)c1F)C1CCc2ccccc21. The minimum atomic E-state index is -0.499. The number of nitrogens with zero attached hydrogens (tertiary/aromatic N) is 1. The van der Waals surface area contributed by atoms with Gasteiger partial charge < -0.3 is 4.90 Å². The average molecular weight is 348 g/mol. The third-order valence-electron chi connectivity index (χ3n) is 4.07. The molecule has 0 fully saturated rings. The van der Waals surface area contributed by atoms with E-state index >= 15 is 0 Å². The van der Waals surface area contributed by atoms with Gasteiger partial charge in [-0.1, -0.05) is 30.3 Å². The lowest BCUT2D eigenvalue weighted by Crippen LogP contribution is -2.30. The molecule has 2 aromatic rings. The summed E-state index contributed by atoms with van der Waals surface area (Å²) in [7, 11) is 1.75. The van der Waals surface area contributed by atoms with Crippen molar-refractivity contribution < 1.29 is 9.18 Å². The fourth-order valence-corrected chi connectivity index (χ4v) is 3.30. The van der Waals surface area contributed by atoms with Gasteiger partial charge in [0, 0.05) is 7.05 Å². The second kappa shape index (κ2) is 5.60. The van der Waals surface area contributed by atoms with Crippen LogP contribution in [0, 0.1) is 5.82 Å². The zero-order valence-corrected chi connectivity index (χ0v) is 13.2. The van der Waals surface area contributed by atoms with Crippen molar-refractivity contribution >= 4 is 21.8 Å². The third kappa shape index (κ3) is 2.48. The summed E-state index contributed by atoms with van der Waals surface area (Å²) in [6, 6.07) is 13.0. The van der Waals surface area contributed by atoms with Crippen molar-refractivity contribution in [2.75, 3.05) is 7.05 Å². The number of hydrogen-bond donors (Lipinski definition) is 0. The molecule has 3 rings (SSSR count). The number of fused-ring (bicyclic) bond motifs is 1. The first-order valence-corrected chi connectivity index (χ1v) is 7.68. The number of halogens is 2. The minimum Gasteiger partial charge on any atom is -0.335 e. The van der Waals surface area contributed by atoms with E-state index in [1.807, 2.05) is 18.2 Å². The normalized spacial score (nSPS) is 16.6. The Hall–Kier alpha value is -1.68. The van der Waals surface area contributed by atoms with Crippen molar-refractivity contribution in [3.63, 3.8) is 0 Å². The molecule has 4 heteroatoms. The Labute approximate surface area is 131 Å². The van der Waals surface area contributed by atoms with E-state index in [0.717, 1.165) is 12.8 Å². The predicted molar refractivity (Wildman–Crippen MR) is 83.7 cm³/mol. The van der Waals surface area contributed by atoms with Crippen LogP contribution in [0.25, 0.3) is 0 Å². The Bertz CT molecular complexity index is 701.